The molecule has 6 rings (SSSR count). The molecule has 230 valence electrons. The van der Waals surface area contributed by atoms with E-state index in [0.29, 0.717) is 41.4 Å². The summed E-state index contributed by atoms with van der Waals surface area (Å²) in [6.07, 6.45) is 0.594. The van der Waals surface area contributed by atoms with Gasteiger partial charge >= 0.3 is 6.18 Å². The monoisotopic (exact) mass is 608 g/mol. The molecule has 2 aliphatic heterocycles. The predicted molar refractivity (Wildman–Crippen MR) is 156 cm³/mol. The minimum atomic E-state index is -4.55. The molecule has 1 atom stereocenters. The lowest BCUT2D eigenvalue weighted by Crippen LogP contribution is -2.41. The summed E-state index contributed by atoms with van der Waals surface area (Å²) in [6, 6.07) is 9.49. The maximum Gasteiger partial charge on any atom is 0.416 e. The number of ether oxygens (including phenoxy) is 1. The second-order valence-corrected chi connectivity index (χ2v) is 11.1. The van der Waals surface area contributed by atoms with Gasteiger partial charge in [0.1, 0.15) is 22.7 Å². The number of rotatable bonds is 7. The van der Waals surface area contributed by atoms with Gasteiger partial charge in [0.2, 0.25) is 5.91 Å². The van der Waals surface area contributed by atoms with Crippen LogP contribution < -0.4 is 15.4 Å². The molecule has 2 amide bonds. The number of amides is 2. The molecule has 0 aliphatic carbocycles. The minimum absolute atomic E-state index is 0.0221. The number of alkyl halides is 3. The van der Waals surface area contributed by atoms with E-state index >= 15 is 0 Å². The Balaban J connectivity index is 1.11. The van der Waals surface area contributed by atoms with Crippen LogP contribution in [0.15, 0.2) is 54.9 Å². The number of H-pyrrole nitrogens is 1. The number of carbonyl (C=O) groups excluding carboxylic acids is 2. The average molecular weight is 609 g/mol. The number of fused-ring (bicyclic) bond motifs is 1. The van der Waals surface area contributed by atoms with E-state index in [9.17, 15) is 22.8 Å². The first-order valence-electron chi connectivity index (χ1n) is 14.3. The Morgan fingerprint density at radius 2 is 1.75 bits per heavy atom. The highest BCUT2D eigenvalue weighted by molar-refractivity contribution is 6.03. The summed E-state index contributed by atoms with van der Waals surface area (Å²) in [5.41, 5.74) is -0.177. The van der Waals surface area contributed by atoms with E-state index in [-0.39, 0.29) is 29.2 Å². The number of hydrogen-bond donors (Lipinski definition) is 3. The fourth-order valence-electron chi connectivity index (χ4n) is 5.56. The topological polar surface area (TPSA) is 128 Å². The number of benzene rings is 1. The van der Waals surface area contributed by atoms with Gasteiger partial charge in [-0.3, -0.25) is 14.7 Å². The van der Waals surface area contributed by atoms with E-state index in [1.165, 1.54) is 12.1 Å². The molecule has 0 bridgehead atoms. The van der Waals surface area contributed by atoms with Gasteiger partial charge in [-0.05, 0) is 75.8 Å². The minimum Gasteiger partial charge on any atom is -0.456 e. The first-order chi connectivity index (χ1) is 21.1. The van der Waals surface area contributed by atoms with Crippen LogP contribution >= 0.6 is 0 Å². The molecule has 2 fully saturated rings. The molecule has 14 heteroatoms. The van der Waals surface area contributed by atoms with Crippen molar-refractivity contribution in [1.29, 1.82) is 0 Å². The molecule has 1 unspecified atom stereocenters. The number of pyridine rings is 2. The van der Waals surface area contributed by atoms with E-state index in [1.807, 2.05) is 4.90 Å². The summed E-state index contributed by atoms with van der Waals surface area (Å²) < 4.78 is 45.1. The van der Waals surface area contributed by atoms with Crippen molar-refractivity contribution in [3.05, 3.63) is 66.0 Å². The highest BCUT2D eigenvalue weighted by atomic mass is 19.4. The van der Waals surface area contributed by atoms with Crippen LogP contribution in [0.3, 0.4) is 0 Å². The summed E-state index contributed by atoms with van der Waals surface area (Å²) in [4.78, 5) is 38.1. The zero-order valence-electron chi connectivity index (χ0n) is 23.9. The number of aromatic amines is 1. The lowest BCUT2D eigenvalue weighted by Gasteiger charge is -2.30. The molecule has 2 saturated heterocycles. The summed E-state index contributed by atoms with van der Waals surface area (Å²) >= 11 is 0. The first kappa shape index (κ1) is 29.4. The molecule has 2 aliphatic rings. The fraction of sp³-hybridized carbons (Fsp3) is 0.367. The van der Waals surface area contributed by atoms with E-state index in [1.54, 1.807) is 24.4 Å². The van der Waals surface area contributed by atoms with Crippen molar-refractivity contribution in [2.45, 2.75) is 31.5 Å². The quantitative estimate of drug-likeness (QED) is 0.274. The van der Waals surface area contributed by atoms with Crippen molar-refractivity contribution in [2.75, 3.05) is 43.9 Å². The molecule has 11 nitrogen and oxygen atoms in total. The van der Waals surface area contributed by atoms with Crippen LogP contribution in [-0.4, -0.2) is 81.0 Å². The van der Waals surface area contributed by atoms with E-state index in [4.69, 9.17) is 4.74 Å². The summed E-state index contributed by atoms with van der Waals surface area (Å²) in [7, 11) is 2.08. The van der Waals surface area contributed by atoms with Crippen molar-refractivity contribution in [3.63, 3.8) is 0 Å². The Bertz CT molecular complexity index is 1650. The van der Waals surface area contributed by atoms with Gasteiger partial charge in [-0.1, -0.05) is 0 Å². The smallest absolute Gasteiger partial charge is 0.416 e. The van der Waals surface area contributed by atoms with Crippen molar-refractivity contribution < 1.29 is 27.5 Å². The normalized spacial score (nSPS) is 18.0. The number of halogens is 3. The van der Waals surface area contributed by atoms with Crippen LogP contribution in [0.5, 0.6) is 11.5 Å². The largest absolute Gasteiger partial charge is 0.456 e. The van der Waals surface area contributed by atoms with Gasteiger partial charge < -0.3 is 25.2 Å². The lowest BCUT2D eigenvalue weighted by atomic mass is 9.96. The van der Waals surface area contributed by atoms with Gasteiger partial charge in [0, 0.05) is 49.1 Å². The molecule has 44 heavy (non-hydrogen) atoms. The summed E-state index contributed by atoms with van der Waals surface area (Å²) in [6.45, 7) is 3.16. The Morgan fingerprint density at radius 3 is 2.50 bits per heavy atom. The Morgan fingerprint density at radius 1 is 1.00 bits per heavy atom. The molecular weight excluding hydrogens is 577 g/mol. The van der Waals surface area contributed by atoms with Crippen LogP contribution in [-0.2, 0) is 11.0 Å². The Labute approximate surface area is 250 Å². The predicted octanol–water partition coefficient (Wildman–Crippen LogP) is 4.77. The average Bonchev–Trinajstić information content (AvgIpc) is 3.65. The number of carbonyl (C=O) groups is 2. The maximum absolute atomic E-state index is 13.1. The molecule has 0 radical (unpaired) electrons. The zero-order chi connectivity index (χ0) is 30.8. The van der Waals surface area contributed by atoms with Crippen molar-refractivity contribution in [2.24, 2.45) is 5.92 Å². The third-order valence-corrected chi connectivity index (χ3v) is 8.00. The Kier molecular flexibility index (Phi) is 8.08. The zero-order valence-corrected chi connectivity index (χ0v) is 23.9. The number of hydrogen-bond acceptors (Lipinski definition) is 8. The molecule has 5 heterocycles. The van der Waals surface area contributed by atoms with Crippen LogP contribution in [0.1, 0.15) is 35.2 Å². The van der Waals surface area contributed by atoms with Gasteiger partial charge in [-0.15, -0.1) is 0 Å². The van der Waals surface area contributed by atoms with Crippen molar-refractivity contribution in [3.8, 4) is 11.5 Å². The van der Waals surface area contributed by atoms with Gasteiger partial charge in [0.15, 0.2) is 11.5 Å². The molecule has 4 aromatic rings. The van der Waals surface area contributed by atoms with Crippen molar-refractivity contribution >= 4 is 34.5 Å². The van der Waals surface area contributed by atoms with Gasteiger partial charge in [0.05, 0.1) is 5.56 Å². The molecule has 3 N–H and O–H groups in total. The highest BCUT2D eigenvalue weighted by Crippen LogP contribution is 2.34. The highest BCUT2D eigenvalue weighted by Gasteiger charge is 2.33. The second-order valence-electron chi connectivity index (χ2n) is 11.1. The third kappa shape index (κ3) is 6.44. The van der Waals surface area contributed by atoms with E-state index in [2.05, 4.69) is 42.7 Å². The number of nitrogens with zero attached hydrogens (tertiary/aromatic N) is 5. The SMILES string of the molecule is CN1CCC(C(=O)N2CCC(Nc3n[nH]c4nccc(Oc5ccc(C(=O)Nc6cc(C(F)(F)F)ccn6)cc5)c34)C2)CC1. The summed E-state index contributed by atoms with van der Waals surface area (Å²) in [5.74, 6) is 0.948. The summed E-state index contributed by atoms with van der Waals surface area (Å²) in [5, 5.41) is 13.8. The van der Waals surface area contributed by atoms with Crippen LogP contribution in [0.25, 0.3) is 11.0 Å². The number of anilines is 2. The van der Waals surface area contributed by atoms with Gasteiger partial charge in [0.25, 0.3) is 5.91 Å². The van der Waals surface area contributed by atoms with Crippen molar-refractivity contribution in [1.82, 2.24) is 30.0 Å². The molecule has 3 aromatic heterocycles. The van der Waals surface area contributed by atoms with Gasteiger partial charge in [-0.25, -0.2) is 9.97 Å². The molecule has 0 spiro atoms. The lowest BCUT2D eigenvalue weighted by molar-refractivity contribution is -0.137. The molecule has 0 saturated carbocycles. The second kappa shape index (κ2) is 12.1. The Hall–Kier alpha value is -4.72. The third-order valence-electron chi connectivity index (χ3n) is 8.00. The number of piperidine rings is 1. The number of likely N-dealkylation sites (tertiary alicyclic amines) is 2. The van der Waals surface area contributed by atoms with E-state index in [0.717, 1.165) is 50.7 Å². The fourth-order valence-corrected chi connectivity index (χ4v) is 5.56. The molecule has 1 aromatic carbocycles. The number of nitrogens with one attached hydrogen (secondary N) is 3. The number of aromatic nitrogens is 4. The maximum atomic E-state index is 13.1. The van der Waals surface area contributed by atoms with Gasteiger partial charge in [-0.2, -0.15) is 18.3 Å². The standard InChI is InChI=1S/C30H31F3N8O3/c1-40-13-8-19(9-14-40)29(43)41-15-10-21(17-41)36-27-25-23(7-12-35-26(25)38-39-27)44-22-4-2-18(3-5-22)28(42)37-24-16-20(6-11-34-24)30(31,32)33/h2-7,11-12,16,19,21H,8-10,13-15,17H2,1H3,(H,34,37,42)(H2,35,36,38,39). The molecular formula is C30H31F3N8O3. The first-order valence-corrected chi connectivity index (χ1v) is 14.3. The van der Waals surface area contributed by atoms with Crippen LogP contribution in [0.4, 0.5) is 24.8 Å². The van der Waals surface area contributed by atoms with Crippen LogP contribution in [0, 0.1) is 5.92 Å². The van der Waals surface area contributed by atoms with E-state index < -0.39 is 17.6 Å². The van der Waals surface area contributed by atoms with Crippen LogP contribution in [0.2, 0.25) is 0 Å².